The van der Waals surface area contributed by atoms with Gasteiger partial charge in [0.1, 0.15) is 0 Å². The summed E-state index contributed by atoms with van der Waals surface area (Å²) in [7, 11) is 0. The molecular formula is C84H66. The molecule has 4 aliphatic rings. The number of fused-ring (bicyclic) bond motifs is 7. The first-order valence-electron chi connectivity index (χ1n) is 30.2. The Morgan fingerprint density at radius 1 is 0.333 bits per heavy atom. The average molecular weight is 1080 g/mol. The molecule has 0 heteroatoms. The molecule has 0 heterocycles. The van der Waals surface area contributed by atoms with Crippen LogP contribution in [0.4, 0.5) is 0 Å². The van der Waals surface area contributed by atoms with Gasteiger partial charge in [-0.25, -0.2) is 0 Å². The van der Waals surface area contributed by atoms with Crippen LogP contribution in [-0.4, -0.2) is 0 Å². The fourth-order valence-electron chi connectivity index (χ4n) is 14.9. The lowest BCUT2D eigenvalue weighted by Crippen LogP contribution is -2.15. The van der Waals surface area contributed by atoms with Crippen LogP contribution in [0.1, 0.15) is 93.8 Å². The molecular weight excluding hydrogens is 1010 g/mol. The first-order chi connectivity index (χ1) is 40.7. The Hall–Kier alpha value is -9.36. The lowest BCUT2D eigenvalue weighted by molar-refractivity contribution is 0.498. The normalized spacial score (nSPS) is 14.8. The summed E-state index contributed by atoms with van der Waals surface area (Å²) in [5.41, 5.74) is 35.6. The van der Waals surface area contributed by atoms with Gasteiger partial charge >= 0.3 is 0 Å². The van der Waals surface area contributed by atoms with Gasteiger partial charge in [0.25, 0.3) is 0 Å². The number of hydrogen-bond acceptors (Lipinski definition) is 0. The molecule has 0 bridgehead atoms. The van der Waals surface area contributed by atoms with E-state index in [2.05, 4.69) is 297 Å². The van der Waals surface area contributed by atoms with Crippen molar-refractivity contribution >= 4 is 33.2 Å². The minimum atomic E-state index is -0.157. The fourth-order valence-corrected chi connectivity index (χ4v) is 14.9. The summed E-state index contributed by atoms with van der Waals surface area (Å²) in [5.74, 6) is 0. The molecule has 0 saturated carbocycles. The van der Waals surface area contributed by atoms with Gasteiger partial charge in [0, 0.05) is 10.8 Å². The third-order valence-corrected chi connectivity index (χ3v) is 19.8. The molecule has 0 atom stereocenters. The van der Waals surface area contributed by atoms with Crippen molar-refractivity contribution < 1.29 is 0 Å². The second kappa shape index (κ2) is 18.6. The predicted molar refractivity (Wildman–Crippen MR) is 358 cm³/mol. The van der Waals surface area contributed by atoms with Crippen LogP contribution < -0.4 is 0 Å². The number of rotatable bonds is 7. The van der Waals surface area contributed by atoms with Crippen molar-refractivity contribution in [2.75, 3.05) is 0 Å². The molecule has 84 heavy (non-hydrogen) atoms. The van der Waals surface area contributed by atoms with E-state index in [1.165, 1.54) is 172 Å². The smallest absolute Gasteiger partial charge is 0.0159 e. The highest BCUT2D eigenvalue weighted by atomic mass is 14.4. The first kappa shape index (κ1) is 50.4. The molecule has 0 amide bonds. The molecule has 0 aromatic heterocycles. The molecule has 0 spiro atoms. The monoisotopic (exact) mass is 1070 g/mol. The SMILES string of the molecule is CC(C)(C)C1=Cc2ccc3c(-c4ccc(-c5ccc(-c6ccc7c(c6)C(C)(C)c6cc(-c8ccc9c(c8)C(C)(C)c8cc(-c%10ccc(-c%11ccc(-c%12cccc%13ccccc%12%13)cc%11)cc%10)ccc8-9)ccc6-7)cc5)cc4)ccc4c3c2C(=CC4)C1. The van der Waals surface area contributed by atoms with E-state index in [1.807, 2.05) is 0 Å². The van der Waals surface area contributed by atoms with E-state index in [9.17, 15) is 0 Å². The maximum Gasteiger partial charge on any atom is 0.0159 e. The molecule has 0 aliphatic heterocycles. The first-order valence-corrected chi connectivity index (χ1v) is 30.2. The number of hydrogen-bond donors (Lipinski definition) is 0. The molecule has 4 aliphatic carbocycles. The van der Waals surface area contributed by atoms with Crippen LogP contribution in [0.2, 0.25) is 0 Å². The Labute approximate surface area is 495 Å². The molecule has 0 unspecified atom stereocenters. The van der Waals surface area contributed by atoms with E-state index in [4.69, 9.17) is 0 Å². The van der Waals surface area contributed by atoms with Crippen molar-refractivity contribution in [1.29, 1.82) is 0 Å². The van der Waals surface area contributed by atoms with Crippen molar-refractivity contribution in [1.82, 2.24) is 0 Å². The van der Waals surface area contributed by atoms with Gasteiger partial charge in [0.2, 0.25) is 0 Å². The maximum atomic E-state index is 2.48. The van der Waals surface area contributed by atoms with Crippen molar-refractivity contribution in [2.24, 2.45) is 5.41 Å². The van der Waals surface area contributed by atoms with E-state index in [-0.39, 0.29) is 16.2 Å². The second-order valence-electron chi connectivity index (χ2n) is 26.4. The Morgan fingerprint density at radius 3 is 1.18 bits per heavy atom. The summed E-state index contributed by atoms with van der Waals surface area (Å²) in [5, 5.41) is 5.37. The molecule has 0 saturated heterocycles. The standard InChI is InChI=1S/C84H66/c1-82(2,3)67-45-65-32-31-60-33-39-70(75-44-38-66(46-67)80(65)81(60)75)59-29-25-54(26-30-59)52-17-21-56(22-18-52)62-35-41-72-74-43-37-64(50-79(74)84(6,7)77(72)48-62)63-36-42-73-71-40-34-61(47-76(71)83(4,5)78(73)49-63)55-19-15-51(16-20-55)53-23-27-58(28-24-53)69-14-10-12-57-11-8-9-13-68(57)69/h8-30,32-44,46-50H,31,45H2,1-7H3. The third kappa shape index (κ3) is 7.94. The summed E-state index contributed by atoms with van der Waals surface area (Å²) >= 11 is 0. The van der Waals surface area contributed by atoms with Gasteiger partial charge in [-0.05, 0) is 209 Å². The Kier molecular flexibility index (Phi) is 11.1. The van der Waals surface area contributed by atoms with Gasteiger partial charge in [0.05, 0.1) is 0 Å². The van der Waals surface area contributed by atoms with Crippen LogP contribution in [-0.2, 0) is 17.3 Å². The van der Waals surface area contributed by atoms with Crippen molar-refractivity contribution in [3.05, 3.63) is 287 Å². The van der Waals surface area contributed by atoms with Gasteiger partial charge in [-0.15, -0.1) is 0 Å². The summed E-state index contributed by atoms with van der Waals surface area (Å²) in [6, 6.07) is 89.8. The zero-order chi connectivity index (χ0) is 56.8. The van der Waals surface area contributed by atoms with Gasteiger partial charge < -0.3 is 0 Å². The highest BCUT2D eigenvalue weighted by molar-refractivity contribution is 6.09. The van der Waals surface area contributed by atoms with Crippen LogP contribution in [0.3, 0.4) is 0 Å². The highest BCUT2D eigenvalue weighted by Gasteiger charge is 2.38. The lowest BCUT2D eigenvalue weighted by atomic mass is 9.72. The molecule has 0 nitrogen and oxygen atoms in total. The largest absolute Gasteiger partial charge is 0.0759 e. The van der Waals surface area contributed by atoms with Gasteiger partial charge in [0.15, 0.2) is 0 Å². The van der Waals surface area contributed by atoms with E-state index in [0.29, 0.717) is 0 Å². The van der Waals surface area contributed by atoms with Gasteiger partial charge in [-0.2, -0.15) is 0 Å². The average Bonchev–Trinajstić information content (AvgIpc) is 1.57. The van der Waals surface area contributed by atoms with Crippen LogP contribution >= 0.6 is 0 Å². The van der Waals surface area contributed by atoms with E-state index in [0.717, 1.165) is 12.8 Å². The summed E-state index contributed by atoms with van der Waals surface area (Å²) in [6.07, 6.45) is 7.00. The second-order valence-corrected chi connectivity index (χ2v) is 26.4. The lowest BCUT2D eigenvalue weighted by Gasteiger charge is -2.32. The Bertz CT molecular complexity index is 4790. The zero-order valence-corrected chi connectivity index (χ0v) is 49.1. The zero-order valence-electron chi connectivity index (χ0n) is 49.1. The summed E-state index contributed by atoms with van der Waals surface area (Å²) < 4.78 is 0. The minimum absolute atomic E-state index is 0.152. The molecule has 12 aromatic carbocycles. The van der Waals surface area contributed by atoms with E-state index in [1.54, 1.807) is 0 Å². The molecule has 12 aromatic rings. The van der Waals surface area contributed by atoms with E-state index >= 15 is 0 Å². The quantitative estimate of drug-likeness (QED) is 0.149. The summed E-state index contributed by atoms with van der Waals surface area (Å²) in [4.78, 5) is 0. The van der Waals surface area contributed by atoms with E-state index < -0.39 is 0 Å². The maximum absolute atomic E-state index is 2.48. The number of allylic oxidation sites excluding steroid dienone is 3. The molecule has 402 valence electrons. The topological polar surface area (TPSA) is 0 Å². The van der Waals surface area contributed by atoms with Gasteiger partial charge in [-0.1, -0.05) is 279 Å². The predicted octanol–water partition coefficient (Wildman–Crippen LogP) is 23.0. The van der Waals surface area contributed by atoms with Crippen molar-refractivity contribution in [3.63, 3.8) is 0 Å². The molecule has 0 N–H and O–H groups in total. The Morgan fingerprint density at radius 2 is 0.714 bits per heavy atom. The fraction of sp³-hybridized carbons (Fsp3) is 0.143. The van der Waals surface area contributed by atoms with Crippen LogP contribution in [0.15, 0.2) is 248 Å². The van der Waals surface area contributed by atoms with Crippen LogP contribution in [0, 0.1) is 5.41 Å². The minimum Gasteiger partial charge on any atom is -0.0759 e. The molecule has 0 fully saturated rings. The molecule has 16 rings (SSSR count). The van der Waals surface area contributed by atoms with Crippen molar-refractivity contribution in [2.45, 2.75) is 72.1 Å². The summed E-state index contributed by atoms with van der Waals surface area (Å²) in [6.45, 7) is 16.6. The molecule has 0 radical (unpaired) electrons. The van der Waals surface area contributed by atoms with Gasteiger partial charge in [-0.3, -0.25) is 0 Å². The Balaban J connectivity index is 0.620. The van der Waals surface area contributed by atoms with Crippen LogP contribution in [0.5, 0.6) is 0 Å². The van der Waals surface area contributed by atoms with Crippen LogP contribution in [0.25, 0.3) is 133 Å². The number of benzene rings is 12. The highest BCUT2D eigenvalue weighted by Crippen LogP contribution is 2.54. The van der Waals surface area contributed by atoms with Crippen molar-refractivity contribution in [3.8, 4) is 100 Å². The third-order valence-electron chi connectivity index (χ3n) is 19.8.